The van der Waals surface area contributed by atoms with E-state index < -0.39 is 11.1 Å². The van der Waals surface area contributed by atoms with E-state index in [2.05, 4.69) is 4.98 Å². The summed E-state index contributed by atoms with van der Waals surface area (Å²) in [6, 6.07) is 13.1. The molecule has 2 aliphatic rings. The molecule has 1 unspecified atom stereocenters. The molecule has 3 amide bonds. The van der Waals surface area contributed by atoms with Crippen molar-refractivity contribution in [3.8, 4) is 0 Å². The first-order valence-electron chi connectivity index (χ1n) is 9.63. The second-order valence-electron chi connectivity index (χ2n) is 7.06. The highest BCUT2D eigenvalue weighted by atomic mass is 32.2. The van der Waals surface area contributed by atoms with Gasteiger partial charge in [-0.2, -0.15) is 0 Å². The van der Waals surface area contributed by atoms with Crippen molar-refractivity contribution in [3.05, 3.63) is 70.9 Å². The van der Waals surface area contributed by atoms with Gasteiger partial charge in [-0.05, 0) is 54.3 Å². The third kappa shape index (κ3) is 4.24. The lowest BCUT2D eigenvalue weighted by atomic mass is 9.96. The molecule has 0 radical (unpaired) electrons. The fourth-order valence-corrected chi connectivity index (χ4v) is 4.55. The molecule has 2 fully saturated rings. The Kier molecular flexibility index (Phi) is 5.76. The van der Waals surface area contributed by atoms with Crippen LogP contribution < -0.4 is 0 Å². The number of rotatable bonds is 4. The van der Waals surface area contributed by atoms with Gasteiger partial charge in [0.2, 0.25) is 5.91 Å². The topological polar surface area (TPSA) is 70.6 Å². The van der Waals surface area contributed by atoms with E-state index in [4.69, 9.17) is 0 Å². The Bertz CT molecular complexity index is 946. The number of piperidine rings is 1. The maximum atomic E-state index is 13.0. The van der Waals surface area contributed by atoms with Crippen LogP contribution in [0.4, 0.5) is 4.79 Å². The minimum absolute atomic E-state index is 0.0651. The van der Waals surface area contributed by atoms with Gasteiger partial charge in [0.1, 0.15) is 6.54 Å². The second-order valence-corrected chi connectivity index (χ2v) is 8.06. The Labute approximate surface area is 173 Å². The molecule has 148 valence electrons. The summed E-state index contributed by atoms with van der Waals surface area (Å²) < 4.78 is 0. The number of thioether (sulfide) groups is 1. The number of imide groups is 1. The Balaban J connectivity index is 1.49. The maximum Gasteiger partial charge on any atom is 0.294 e. The summed E-state index contributed by atoms with van der Waals surface area (Å²) in [6.45, 7) is 0.391. The number of nitrogens with zero attached hydrogens (tertiary/aromatic N) is 3. The zero-order valence-corrected chi connectivity index (χ0v) is 16.7. The van der Waals surface area contributed by atoms with E-state index >= 15 is 0 Å². The van der Waals surface area contributed by atoms with Gasteiger partial charge < -0.3 is 4.90 Å². The average molecular weight is 407 g/mol. The lowest BCUT2D eigenvalue weighted by Gasteiger charge is -2.36. The Morgan fingerprint density at radius 1 is 1.14 bits per heavy atom. The number of pyridine rings is 1. The normalized spacial score (nSPS) is 21.1. The highest BCUT2D eigenvalue weighted by Crippen LogP contribution is 2.34. The molecule has 4 rings (SSSR count). The van der Waals surface area contributed by atoms with Crippen molar-refractivity contribution >= 4 is 34.9 Å². The number of carbonyl (C=O) groups excluding carboxylic acids is 3. The predicted molar refractivity (Wildman–Crippen MR) is 112 cm³/mol. The summed E-state index contributed by atoms with van der Waals surface area (Å²) in [7, 11) is 0. The van der Waals surface area contributed by atoms with Crippen molar-refractivity contribution in [1.82, 2.24) is 14.8 Å². The zero-order chi connectivity index (χ0) is 20.2. The first-order chi connectivity index (χ1) is 14.1. The van der Waals surface area contributed by atoms with E-state index in [-0.39, 0.29) is 18.5 Å². The fourth-order valence-electron chi connectivity index (χ4n) is 3.71. The quantitative estimate of drug-likeness (QED) is 0.720. The molecule has 2 aliphatic heterocycles. The summed E-state index contributed by atoms with van der Waals surface area (Å²) in [5.74, 6) is -0.617. The fraction of sp³-hybridized carbons (Fsp3) is 0.273. The van der Waals surface area contributed by atoms with Crippen LogP contribution in [0.15, 0.2) is 59.8 Å². The SMILES string of the molecule is O=C1SC(=Cc2ccccc2)C(=O)N1CC(=O)N1CCCCC1c1cccnc1. The molecule has 0 bridgehead atoms. The number of amides is 3. The molecule has 6 nitrogen and oxygen atoms in total. The van der Waals surface area contributed by atoms with Crippen molar-refractivity contribution in [3.63, 3.8) is 0 Å². The average Bonchev–Trinajstić information content (AvgIpc) is 3.02. The Morgan fingerprint density at radius 2 is 1.97 bits per heavy atom. The highest BCUT2D eigenvalue weighted by molar-refractivity contribution is 8.18. The maximum absolute atomic E-state index is 13.0. The predicted octanol–water partition coefficient (Wildman–Crippen LogP) is 3.87. The summed E-state index contributed by atoms with van der Waals surface area (Å²) in [6.07, 6.45) is 7.97. The molecule has 1 aromatic heterocycles. The lowest BCUT2D eigenvalue weighted by Crippen LogP contribution is -2.45. The van der Waals surface area contributed by atoms with Crippen molar-refractivity contribution in [1.29, 1.82) is 0 Å². The van der Waals surface area contributed by atoms with E-state index in [1.807, 2.05) is 42.5 Å². The van der Waals surface area contributed by atoms with Crippen LogP contribution in [0.2, 0.25) is 0 Å². The van der Waals surface area contributed by atoms with E-state index in [1.165, 1.54) is 0 Å². The van der Waals surface area contributed by atoms with Gasteiger partial charge in [-0.25, -0.2) is 0 Å². The molecule has 7 heteroatoms. The third-order valence-corrected chi connectivity index (χ3v) is 6.06. The molecule has 0 N–H and O–H groups in total. The number of carbonyl (C=O) groups is 3. The smallest absolute Gasteiger partial charge is 0.294 e. The van der Waals surface area contributed by atoms with Gasteiger partial charge in [0.15, 0.2) is 0 Å². The Morgan fingerprint density at radius 3 is 2.72 bits per heavy atom. The van der Waals surface area contributed by atoms with Crippen molar-refractivity contribution in [2.24, 2.45) is 0 Å². The van der Waals surface area contributed by atoms with Crippen LogP contribution in [0.25, 0.3) is 6.08 Å². The number of benzene rings is 1. The van der Waals surface area contributed by atoms with E-state index in [0.29, 0.717) is 11.4 Å². The molecule has 2 aromatic rings. The lowest BCUT2D eigenvalue weighted by molar-refractivity contribution is -0.138. The first kappa shape index (κ1) is 19.4. The second kappa shape index (κ2) is 8.61. The standard InChI is InChI=1S/C22H21N3O3S/c26-20(24-12-5-4-10-18(24)17-9-6-11-23-14-17)15-25-21(27)19(29-22(25)28)13-16-7-2-1-3-8-16/h1-3,6-9,11,13-14,18H,4-5,10,12,15H2. The van der Waals surface area contributed by atoms with Crippen LogP contribution in [0, 0.1) is 0 Å². The largest absolute Gasteiger partial charge is 0.334 e. The molecule has 0 saturated carbocycles. The summed E-state index contributed by atoms with van der Waals surface area (Å²) >= 11 is 0.880. The van der Waals surface area contributed by atoms with Gasteiger partial charge in [0.05, 0.1) is 10.9 Å². The van der Waals surface area contributed by atoms with E-state index in [1.54, 1.807) is 23.4 Å². The molecule has 2 saturated heterocycles. The molecule has 0 aliphatic carbocycles. The van der Waals surface area contributed by atoms with Gasteiger partial charge in [0.25, 0.3) is 11.1 Å². The molecule has 29 heavy (non-hydrogen) atoms. The first-order valence-corrected chi connectivity index (χ1v) is 10.4. The third-order valence-electron chi connectivity index (χ3n) is 5.16. The summed E-state index contributed by atoms with van der Waals surface area (Å²) in [5.41, 5.74) is 1.83. The van der Waals surface area contributed by atoms with Gasteiger partial charge in [-0.3, -0.25) is 24.3 Å². The van der Waals surface area contributed by atoms with Gasteiger partial charge in [-0.1, -0.05) is 36.4 Å². The molecular weight excluding hydrogens is 386 g/mol. The van der Waals surface area contributed by atoms with Crippen LogP contribution >= 0.6 is 11.8 Å². The number of hydrogen-bond donors (Lipinski definition) is 0. The van der Waals surface area contributed by atoms with Crippen LogP contribution in [0.1, 0.15) is 36.4 Å². The number of likely N-dealkylation sites (tertiary alicyclic amines) is 1. The van der Waals surface area contributed by atoms with Crippen molar-refractivity contribution in [2.45, 2.75) is 25.3 Å². The van der Waals surface area contributed by atoms with E-state index in [0.717, 1.165) is 47.1 Å². The number of hydrogen-bond acceptors (Lipinski definition) is 5. The van der Waals surface area contributed by atoms with Crippen molar-refractivity contribution in [2.75, 3.05) is 13.1 Å². The Hall–Kier alpha value is -2.93. The van der Waals surface area contributed by atoms with Crippen molar-refractivity contribution < 1.29 is 14.4 Å². The highest BCUT2D eigenvalue weighted by Gasteiger charge is 2.38. The van der Waals surface area contributed by atoms with Crippen LogP contribution in [0.5, 0.6) is 0 Å². The van der Waals surface area contributed by atoms with Crippen LogP contribution in [0.3, 0.4) is 0 Å². The molecule has 1 atom stereocenters. The van der Waals surface area contributed by atoms with Gasteiger partial charge in [-0.15, -0.1) is 0 Å². The molecule has 3 heterocycles. The molecule has 1 aromatic carbocycles. The van der Waals surface area contributed by atoms with E-state index in [9.17, 15) is 14.4 Å². The monoisotopic (exact) mass is 407 g/mol. The van der Waals surface area contributed by atoms with Gasteiger partial charge in [0, 0.05) is 18.9 Å². The van der Waals surface area contributed by atoms with Crippen LogP contribution in [-0.2, 0) is 9.59 Å². The van der Waals surface area contributed by atoms with Crippen LogP contribution in [-0.4, -0.2) is 44.9 Å². The number of aromatic nitrogens is 1. The summed E-state index contributed by atoms with van der Waals surface area (Å²) in [4.78, 5) is 45.5. The summed E-state index contributed by atoms with van der Waals surface area (Å²) in [5, 5.41) is -0.402. The zero-order valence-electron chi connectivity index (χ0n) is 15.9. The minimum atomic E-state index is -0.410. The molecule has 0 spiro atoms. The van der Waals surface area contributed by atoms with Gasteiger partial charge >= 0.3 is 0 Å². The molecular formula is C22H21N3O3S. The minimum Gasteiger partial charge on any atom is -0.334 e.